The third kappa shape index (κ3) is 5.24. The fourth-order valence-corrected chi connectivity index (χ4v) is 4.17. The summed E-state index contributed by atoms with van der Waals surface area (Å²) < 4.78 is 6.85. The highest BCUT2D eigenvalue weighted by Gasteiger charge is 2.28. The van der Waals surface area contributed by atoms with Gasteiger partial charge in [0.25, 0.3) is 11.5 Å². The normalized spacial score (nSPS) is 11.6. The molecular formula is C28H23ClN2O6. The van der Waals surface area contributed by atoms with Gasteiger partial charge in [-0.05, 0) is 59.8 Å². The van der Waals surface area contributed by atoms with Crippen molar-refractivity contribution in [2.75, 3.05) is 5.32 Å². The molecule has 188 valence electrons. The second-order valence-corrected chi connectivity index (χ2v) is 8.75. The van der Waals surface area contributed by atoms with Crippen molar-refractivity contribution in [3.8, 4) is 11.1 Å². The van der Waals surface area contributed by atoms with Crippen LogP contribution < -0.4 is 10.9 Å². The zero-order chi connectivity index (χ0) is 26.7. The van der Waals surface area contributed by atoms with Crippen LogP contribution in [0.3, 0.4) is 0 Å². The number of hydrogen-bond donors (Lipinski definition) is 2. The van der Waals surface area contributed by atoms with Crippen LogP contribution in [0, 0.1) is 0 Å². The van der Waals surface area contributed by atoms with Crippen LogP contribution in [0.15, 0.2) is 77.6 Å². The first kappa shape index (κ1) is 25.7. The van der Waals surface area contributed by atoms with Crippen LogP contribution in [0.1, 0.15) is 34.2 Å². The third-order valence-electron chi connectivity index (χ3n) is 5.94. The Morgan fingerprint density at radius 2 is 1.59 bits per heavy atom. The number of fused-ring (bicyclic) bond motifs is 1. The van der Waals surface area contributed by atoms with E-state index in [0.29, 0.717) is 32.6 Å². The number of esters is 1. The lowest BCUT2D eigenvalue weighted by molar-refractivity contribution is -0.124. The predicted molar refractivity (Wildman–Crippen MR) is 141 cm³/mol. The first-order valence-corrected chi connectivity index (χ1v) is 11.8. The number of pyridine rings is 1. The van der Waals surface area contributed by atoms with Gasteiger partial charge in [0.1, 0.15) is 5.69 Å². The molecule has 4 rings (SSSR count). The summed E-state index contributed by atoms with van der Waals surface area (Å²) in [5.74, 6) is -2.51. The van der Waals surface area contributed by atoms with Gasteiger partial charge in [-0.25, -0.2) is 9.59 Å². The van der Waals surface area contributed by atoms with Crippen molar-refractivity contribution in [3.63, 3.8) is 0 Å². The Hall–Kier alpha value is -4.43. The summed E-state index contributed by atoms with van der Waals surface area (Å²) in [6, 6.07) is 19.4. The number of anilines is 1. The van der Waals surface area contributed by atoms with Crippen LogP contribution >= 0.6 is 11.6 Å². The molecule has 0 saturated heterocycles. The van der Waals surface area contributed by atoms with Crippen LogP contribution in [0.25, 0.3) is 21.9 Å². The van der Waals surface area contributed by atoms with Gasteiger partial charge in [0.15, 0.2) is 6.10 Å². The fourth-order valence-electron chi connectivity index (χ4n) is 4.04. The van der Waals surface area contributed by atoms with Crippen molar-refractivity contribution >= 4 is 45.9 Å². The molecule has 1 unspecified atom stereocenters. The summed E-state index contributed by atoms with van der Waals surface area (Å²) in [5.41, 5.74) is 1.19. The molecule has 1 aromatic heterocycles. The van der Waals surface area contributed by atoms with Gasteiger partial charge in [-0.15, -0.1) is 0 Å². The molecule has 0 aliphatic heterocycles. The number of amides is 1. The van der Waals surface area contributed by atoms with E-state index < -0.39 is 23.9 Å². The highest BCUT2D eigenvalue weighted by molar-refractivity contribution is 6.30. The Kier molecular flexibility index (Phi) is 7.40. The van der Waals surface area contributed by atoms with E-state index in [1.54, 1.807) is 55.5 Å². The molecule has 0 aliphatic rings. The maximum absolute atomic E-state index is 13.5. The maximum Gasteiger partial charge on any atom is 0.356 e. The summed E-state index contributed by atoms with van der Waals surface area (Å²) in [4.78, 5) is 50.6. The number of benzene rings is 3. The van der Waals surface area contributed by atoms with Gasteiger partial charge in [-0.1, -0.05) is 48.9 Å². The molecule has 9 heteroatoms. The van der Waals surface area contributed by atoms with Gasteiger partial charge in [-0.3, -0.25) is 9.59 Å². The largest absolute Gasteiger partial charge is 0.478 e. The summed E-state index contributed by atoms with van der Waals surface area (Å²) in [5, 5.41) is 13.2. The Morgan fingerprint density at radius 1 is 0.973 bits per heavy atom. The number of ether oxygens (including phenoxy) is 1. The Morgan fingerprint density at radius 3 is 2.19 bits per heavy atom. The van der Waals surface area contributed by atoms with Gasteiger partial charge in [0, 0.05) is 28.7 Å². The minimum atomic E-state index is -1.16. The van der Waals surface area contributed by atoms with E-state index in [1.807, 2.05) is 0 Å². The van der Waals surface area contributed by atoms with E-state index in [9.17, 15) is 19.2 Å². The Labute approximate surface area is 217 Å². The molecule has 0 radical (unpaired) electrons. The van der Waals surface area contributed by atoms with Crippen LogP contribution in [-0.4, -0.2) is 33.6 Å². The number of halogens is 1. The van der Waals surface area contributed by atoms with Crippen molar-refractivity contribution in [2.45, 2.75) is 19.4 Å². The Bertz CT molecular complexity index is 1560. The van der Waals surface area contributed by atoms with Crippen LogP contribution in [0.4, 0.5) is 5.69 Å². The van der Waals surface area contributed by atoms with Crippen molar-refractivity contribution in [1.82, 2.24) is 4.57 Å². The molecule has 0 spiro atoms. The SMILES string of the molecule is CCC(OC(=O)c1c(-c2ccc(Cl)cc2)c2ccccc2c(=O)n1C)C(=O)Nc1ccc(C(=O)O)cc1. The fraction of sp³-hybridized carbons (Fsp3) is 0.143. The molecule has 0 aliphatic carbocycles. The molecule has 37 heavy (non-hydrogen) atoms. The van der Waals surface area contributed by atoms with Gasteiger partial charge in [0.05, 0.1) is 5.56 Å². The molecule has 0 bridgehead atoms. The van der Waals surface area contributed by atoms with Crippen molar-refractivity contribution in [2.24, 2.45) is 7.05 Å². The average Bonchev–Trinajstić information content (AvgIpc) is 2.90. The van der Waals surface area contributed by atoms with Crippen molar-refractivity contribution < 1.29 is 24.2 Å². The van der Waals surface area contributed by atoms with Gasteiger partial charge >= 0.3 is 11.9 Å². The van der Waals surface area contributed by atoms with E-state index in [-0.39, 0.29) is 23.2 Å². The summed E-state index contributed by atoms with van der Waals surface area (Å²) in [6.45, 7) is 1.69. The van der Waals surface area contributed by atoms with E-state index in [1.165, 1.54) is 35.9 Å². The number of hydrogen-bond acceptors (Lipinski definition) is 5. The average molecular weight is 519 g/mol. The number of carbonyl (C=O) groups excluding carboxylic acids is 2. The second-order valence-electron chi connectivity index (χ2n) is 8.31. The zero-order valence-corrected chi connectivity index (χ0v) is 20.8. The molecule has 1 amide bonds. The van der Waals surface area contributed by atoms with Crippen LogP contribution in [-0.2, 0) is 16.6 Å². The van der Waals surface area contributed by atoms with Gasteiger partial charge in [-0.2, -0.15) is 0 Å². The molecular weight excluding hydrogens is 496 g/mol. The topological polar surface area (TPSA) is 115 Å². The third-order valence-corrected chi connectivity index (χ3v) is 6.19. The lowest BCUT2D eigenvalue weighted by Crippen LogP contribution is -2.34. The number of carbonyl (C=O) groups is 3. The van der Waals surface area contributed by atoms with E-state index in [4.69, 9.17) is 21.4 Å². The number of aromatic carboxylic acids is 1. The number of rotatable bonds is 7. The molecule has 4 aromatic rings. The minimum absolute atomic E-state index is 0.00286. The standard InChI is InChI=1S/C28H23ClN2O6/c1-3-22(25(32)30-19-14-10-17(11-15-19)27(34)35)37-28(36)24-23(16-8-12-18(29)13-9-16)20-6-4-5-7-21(20)26(33)31(24)2/h4-15,22H,3H2,1-2H3,(H,30,32)(H,34,35). The first-order valence-electron chi connectivity index (χ1n) is 11.4. The Balaban J connectivity index is 1.71. The zero-order valence-electron chi connectivity index (χ0n) is 20.0. The van der Waals surface area contributed by atoms with Crippen LogP contribution in [0.5, 0.6) is 0 Å². The highest BCUT2D eigenvalue weighted by atomic mass is 35.5. The number of aromatic nitrogens is 1. The number of carboxylic acid groups (broad SMARTS) is 1. The first-order chi connectivity index (χ1) is 17.7. The van der Waals surface area contributed by atoms with E-state index >= 15 is 0 Å². The molecule has 1 atom stereocenters. The van der Waals surface area contributed by atoms with Crippen molar-refractivity contribution in [3.05, 3.63) is 99.4 Å². The predicted octanol–water partition coefficient (Wildman–Crippen LogP) is 5.13. The number of nitrogens with zero attached hydrogens (tertiary/aromatic N) is 1. The lowest BCUT2D eigenvalue weighted by Gasteiger charge is -2.20. The minimum Gasteiger partial charge on any atom is -0.478 e. The monoisotopic (exact) mass is 518 g/mol. The molecule has 0 fully saturated rings. The van der Waals surface area contributed by atoms with Crippen LogP contribution in [0.2, 0.25) is 5.02 Å². The molecule has 1 heterocycles. The molecule has 3 aromatic carbocycles. The maximum atomic E-state index is 13.5. The van der Waals surface area contributed by atoms with E-state index in [0.717, 1.165) is 0 Å². The van der Waals surface area contributed by atoms with E-state index in [2.05, 4.69) is 5.32 Å². The highest BCUT2D eigenvalue weighted by Crippen LogP contribution is 2.32. The second kappa shape index (κ2) is 10.7. The number of nitrogens with one attached hydrogen (secondary N) is 1. The van der Waals surface area contributed by atoms with Gasteiger partial charge in [0.2, 0.25) is 0 Å². The molecule has 2 N–H and O–H groups in total. The quantitative estimate of drug-likeness (QED) is 0.328. The molecule has 8 nitrogen and oxygen atoms in total. The summed E-state index contributed by atoms with van der Waals surface area (Å²) in [7, 11) is 1.48. The smallest absolute Gasteiger partial charge is 0.356 e. The lowest BCUT2D eigenvalue weighted by atomic mass is 9.96. The summed E-state index contributed by atoms with van der Waals surface area (Å²) >= 11 is 6.07. The molecule has 0 saturated carbocycles. The van der Waals surface area contributed by atoms with Gasteiger partial charge < -0.3 is 19.7 Å². The van der Waals surface area contributed by atoms with Crippen molar-refractivity contribution in [1.29, 1.82) is 0 Å². The summed E-state index contributed by atoms with van der Waals surface area (Å²) in [6.07, 6.45) is -0.992. The number of carboxylic acids is 1.